The van der Waals surface area contributed by atoms with Crippen molar-refractivity contribution in [2.45, 2.75) is 45.6 Å². The van der Waals surface area contributed by atoms with Gasteiger partial charge in [0, 0.05) is 16.2 Å². The van der Waals surface area contributed by atoms with E-state index in [2.05, 4.69) is 40.4 Å². The molecule has 3 nitrogen and oxygen atoms in total. The zero-order valence-corrected chi connectivity index (χ0v) is 13.8. The van der Waals surface area contributed by atoms with Gasteiger partial charge < -0.3 is 10.6 Å². The molecule has 1 aliphatic rings. The summed E-state index contributed by atoms with van der Waals surface area (Å²) in [6, 6.07) is 8.08. The third-order valence-electron chi connectivity index (χ3n) is 4.14. The van der Waals surface area contributed by atoms with E-state index in [0.29, 0.717) is 12.6 Å². The molecule has 1 aromatic carbocycles. The van der Waals surface area contributed by atoms with Gasteiger partial charge in [-0.05, 0) is 42.5 Å². The smallest absolute Gasteiger partial charge is 0.238 e. The summed E-state index contributed by atoms with van der Waals surface area (Å²) in [6.07, 6.45) is 4.96. The number of rotatable bonds is 4. The Morgan fingerprint density at radius 2 is 2.00 bits per heavy atom. The van der Waals surface area contributed by atoms with Crippen LogP contribution in [0.5, 0.6) is 0 Å². The Labute approximate surface area is 129 Å². The van der Waals surface area contributed by atoms with Crippen molar-refractivity contribution in [2.24, 2.45) is 5.41 Å². The molecule has 2 N–H and O–H groups in total. The van der Waals surface area contributed by atoms with Gasteiger partial charge >= 0.3 is 0 Å². The van der Waals surface area contributed by atoms with Crippen molar-refractivity contribution in [3.8, 4) is 0 Å². The molecule has 1 unspecified atom stereocenters. The highest BCUT2D eigenvalue weighted by molar-refractivity contribution is 9.10. The second-order valence-corrected chi connectivity index (χ2v) is 7.14. The summed E-state index contributed by atoms with van der Waals surface area (Å²) >= 11 is 3.38. The molecule has 1 aliphatic carbocycles. The van der Waals surface area contributed by atoms with Gasteiger partial charge in [0.05, 0.1) is 6.54 Å². The summed E-state index contributed by atoms with van der Waals surface area (Å²) in [5.41, 5.74) is 1.12. The van der Waals surface area contributed by atoms with E-state index in [1.54, 1.807) is 0 Å². The Balaban J connectivity index is 1.81. The number of hydrogen-bond acceptors (Lipinski definition) is 2. The normalized spacial score (nSPS) is 21.4. The Bertz CT molecular complexity index is 456. The number of carbonyl (C=O) groups is 1. The van der Waals surface area contributed by atoms with Crippen LogP contribution in [0.4, 0.5) is 5.69 Å². The largest absolute Gasteiger partial charge is 0.325 e. The number of benzene rings is 1. The molecule has 0 saturated heterocycles. The Hall–Kier alpha value is -0.870. The molecule has 110 valence electrons. The lowest BCUT2D eigenvalue weighted by molar-refractivity contribution is -0.115. The number of hydrogen-bond donors (Lipinski definition) is 2. The van der Waals surface area contributed by atoms with Crippen molar-refractivity contribution in [1.29, 1.82) is 0 Å². The fourth-order valence-corrected chi connectivity index (χ4v) is 3.09. The topological polar surface area (TPSA) is 41.1 Å². The van der Waals surface area contributed by atoms with Crippen LogP contribution in [0.3, 0.4) is 0 Å². The highest BCUT2D eigenvalue weighted by atomic mass is 79.9. The zero-order chi connectivity index (χ0) is 14.6. The number of carbonyl (C=O) groups excluding carboxylic acids is 1. The van der Waals surface area contributed by atoms with E-state index in [1.165, 1.54) is 25.7 Å². The van der Waals surface area contributed by atoms with Crippen LogP contribution < -0.4 is 10.6 Å². The van der Waals surface area contributed by atoms with Gasteiger partial charge in [-0.3, -0.25) is 4.79 Å². The van der Waals surface area contributed by atoms with Gasteiger partial charge in [0.25, 0.3) is 0 Å². The maximum Gasteiger partial charge on any atom is 0.238 e. The molecule has 0 aliphatic heterocycles. The molecule has 1 amide bonds. The fourth-order valence-electron chi connectivity index (χ4n) is 2.83. The molecule has 20 heavy (non-hydrogen) atoms. The lowest BCUT2D eigenvalue weighted by Gasteiger charge is -2.39. The number of halogens is 1. The standard InChI is InChI=1S/C16H23BrN2O/c1-16(2)10-4-3-5-14(16)18-11-15(20)19-13-8-6-12(17)7-9-13/h6-9,14,18H,3-5,10-11H2,1-2H3,(H,19,20). The lowest BCUT2D eigenvalue weighted by atomic mass is 9.73. The second-order valence-electron chi connectivity index (χ2n) is 6.22. The number of amides is 1. The molecular weight excluding hydrogens is 316 g/mol. The molecule has 0 radical (unpaired) electrons. The minimum absolute atomic E-state index is 0.0219. The zero-order valence-electron chi connectivity index (χ0n) is 12.2. The molecule has 1 fully saturated rings. The van der Waals surface area contributed by atoms with Crippen molar-refractivity contribution in [3.63, 3.8) is 0 Å². The quantitative estimate of drug-likeness (QED) is 0.872. The van der Waals surface area contributed by atoms with Crippen LogP contribution in [0.2, 0.25) is 0 Å². The predicted molar refractivity (Wildman–Crippen MR) is 86.8 cm³/mol. The first-order chi connectivity index (χ1) is 9.47. The van der Waals surface area contributed by atoms with Gasteiger partial charge in [-0.2, -0.15) is 0 Å². The second kappa shape index (κ2) is 6.72. The molecule has 0 spiro atoms. The van der Waals surface area contributed by atoms with Gasteiger partial charge in [-0.25, -0.2) is 0 Å². The van der Waals surface area contributed by atoms with Crippen LogP contribution in [-0.2, 0) is 4.79 Å². The first-order valence-electron chi connectivity index (χ1n) is 7.26. The summed E-state index contributed by atoms with van der Waals surface area (Å²) < 4.78 is 1.01. The van der Waals surface area contributed by atoms with Crippen molar-refractivity contribution in [1.82, 2.24) is 5.32 Å². The van der Waals surface area contributed by atoms with Gasteiger partial charge in [0.1, 0.15) is 0 Å². The number of nitrogens with one attached hydrogen (secondary N) is 2. The van der Waals surface area contributed by atoms with Crippen LogP contribution in [0.15, 0.2) is 28.7 Å². The van der Waals surface area contributed by atoms with E-state index in [0.717, 1.165) is 10.2 Å². The summed E-state index contributed by atoms with van der Waals surface area (Å²) in [4.78, 5) is 12.0. The summed E-state index contributed by atoms with van der Waals surface area (Å²) in [7, 11) is 0. The average Bonchev–Trinajstić information content (AvgIpc) is 2.40. The maximum atomic E-state index is 12.0. The third kappa shape index (κ3) is 4.32. The molecule has 0 aromatic heterocycles. The predicted octanol–water partition coefficient (Wildman–Crippen LogP) is 3.95. The molecule has 2 rings (SSSR count). The van der Waals surface area contributed by atoms with Gasteiger partial charge in [0.2, 0.25) is 5.91 Å². The van der Waals surface area contributed by atoms with E-state index in [9.17, 15) is 4.79 Å². The highest BCUT2D eigenvalue weighted by Gasteiger charge is 2.31. The Morgan fingerprint density at radius 3 is 2.65 bits per heavy atom. The van der Waals surface area contributed by atoms with Crippen LogP contribution in [-0.4, -0.2) is 18.5 Å². The maximum absolute atomic E-state index is 12.0. The van der Waals surface area contributed by atoms with Crippen LogP contribution in [0, 0.1) is 5.41 Å². The van der Waals surface area contributed by atoms with E-state index < -0.39 is 0 Å². The Kier molecular flexibility index (Phi) is 5.22. The van der Waals surface area contributed by atoms with E-state index in [1.807, 2.05) is 24.3 Å². The van der Waals surface area contributed by atoms with Crippen LogP contribution >= 0.6 is 15.9 Å². The van der Waals surface area contributed by atoms with Crippen molar-refractivity contribution in [2.75, 3.05) is 11.9 Å². The minimum Gasteiger partial charge on any atom is -0.325 e. The molecule has 1 atom stereocenters. The molecule has 4 heteroatoms. The van der Waals surface area contributed by atoms with Crippen LogP contribution in [0.1, 0.15) is 39.5 Å². The van der Waals surface area contributed by atoms with E-state index >= 15 is 0 Å². The summed E-state index contributed by atoms with van der Waals surface area (Å²) in [5, 5.41) is 6.34. The first-order valence-corrected chi connectivity index (χ1v) is 8.05. The molecule has 0 bridgehead atoms. The summed E-state index contributed by atoms with van der Waals surface area (Å²) in [5.74, 6) is 0.0219. The SMILES string of the molecule is CC1(C)CCCCC1NCC(=O)Nc1ccc(Br)cc1. The third-order valence-corrected chi connectivity index (χ3v) is 4.67. The Morgan fingerprint density at radius 1 is 1.30 bits per heavy atom. The van der Waals surface area contributed by atoms with Crippen molar-refractivity contribution < 1.29 is 4.79 Å². The molecular formula is C16H23BrN2O. The minimum atomic E-state index is 0.0219. The number of anilines is 1. The van der Waals surface area contributed by atoms with Crippen molar-refractivity contribution >= 4 is 27.5 Å². The average molecular weight is 339 g/mol. The molecule has 1 saturated carbocycles. The van der Waals surface area contributed by atoms with E-state index in [4.69, 9.17) is 0 Å². The van der Waals surface area contributed by atoms with Crippen molar-refractivity contribution in [3.05, 3.63) is 28.7 Å². The van der Waals surface area contributed by atoms with E-state index in [-0.39, 0.29) is 11.3 Å². The molecule has 1 aromatic rings. The molecule has 0 heterocycles. The lowest BCUT2D eigenvalue weighted by Crippen LogP contribution is -2.46. The monoisotopic (exact) mass is 338 g/mol. The fraction of sp³-hybridized carbons (Fsp3) is 0.562. The summed E-state index contributed by atoms with van der Waals surface area (Å²) in [6.45, 7) is 4.96. The van der Waals surface area contributed by atoms with Crippen LogP contribution in [0.25, 0.3) is 0 Å². The first kappa shape index (κ1) is 15.5. The highest BCUT2D eigenvalue weighted by Crippen LogP contribution is 2.35. The van der Waals surface area contributed by atoms with Gasteiger partial charge in [-0.1, -0.05) is 42.6 Å². The van der Waals surface area contributed by atoms with Gasteiger partial charge in [-0.15, -0.1) is 0 Å². The van der Waals surface area contributed by atoms with Gasteiger partial charge in [0.15, 0.2) is 0 Å².